The number of aliphatic hydroxyl groups is 4. The Kier molecular flexibility index (Phi) is 35.6. The van der Waals surface area contributed by atoms with E-state index in [1.54, 1.807) is 0 Å². The number of rotatable bonds is 37. The van der Waals surface area contributed by atoms with Crippen LogP contribution >= 0.6 is 0 Å². The molecule has 280 valence electrons. The van der Waals surface area contributed by atoms with Gasteiger partial charge in [0.25, 0.3) is 0 Å². The molecule has 5 N–H and O–H groups in total. The van der Waals surface area contributed by atoms with Crippen molar-refractivity contribution in [3.8, 4) is 0 Å². The SMILES string of the molecule is CCCCCCCCCC=CCCCC(O)C(O)C(CO)NC(=O)C(O)CCCCCCCCCCCCCCCCCCCCC. The standard InChI is InChI=1S/C41H81NO5/c1-3-5-7-9-11-13-15-17-18-19-20-21-22-23-25-27-29-31-33-35-39(45)41(47)42-37(36-43)40(46)38(44)34-32-30-28-26-24-16-14-12-10-8-6-4-2/h26,28,37-40,43-46H,3-25,27,29-36H2,1-2H3,(H,42,47). The van der Waals surface area contributed by atoms with Crippen LogP contribution in [0.4, 0.5) is 0 Å². The summed E-state index contributed by atoms with van der Waals surface area (Å²) in [4.78, 5) is 12.5. The number of hydrogen-bond donors (Lipinski definition) is 5. The Labute approximate surface area is 292 Å². The molecule has 0 saturated carbocycles. The second kappa shape index (κ2) is 36.3. The van der Waals surface area contributed by atoms with E-state index in [4.69, 9.17) is 0 Å². The zero-order valence-electron chi connectivity index (χ0n) is 31.3. The minimum atomic E-state index is -1.28. The largest absolute Gasteiger partial charge is 0.394 e. The molecule has 4 atom stereocenters. The molecule has 47 heavy (non-hydrogen) atoms. The smallest absolute Gasteiger partial charge is 0.249 e. The topological polar surface area (TPSA) is 110 Å². The molecule has 0 aromatic carbocycles. The van der Waals surface area contributed by atoms with E-state index in [0.717, 1.165) is 38.5 Å². The molecule has 1 amide bonds. The molecular weight excluding hydrogens is 586 g/mol. The van der Waals surface area contributed by atoms with Gasteiger partial charge in [0.05, 0.1) is 18.8 Å². The number of unbranched alkanes of at least 4 members (excludes halogenated alkanes) is 26. The first-order chi connectivity index (χ1) is 23.0. The fourth-order valence-electron chi connectivity index (χ4n) is 6.40. The van der Waals surface area contributed by atoms with Gasteiger partial charge in [0.1, 0.15) is 12.2 Å². The summed E-state index contributed by atoms with van der Waals surface area (Å²) in [5, 5.41) is 43.5. The van der Waals surface area contributed by atoms with Crippen molar-refractivity contribution < 1.29 is 25.2 Å². The van der Waals surface area contributed by atoms with Gasteiger partial charge in [0.15, 0.2) is 0 Å². The van der Waals surface area contributed by atoms with E-state index in [-0.39, 0.29) is 0 Å². The number of aliphatic hydroxyl groups excluding tert-OH is 4. The highest BCUT2D eigenvalue weighted by Gasteiger charge is 2.28. The lowest BCUT2D eigenvalue weighted by Crippen LogP contribution is -2.53. The Morgan fingerprint density at radius 1 is 0.511 bits per heavy atom. The van der Waals surface area contributed by atoms with Gasteiger partial charge < -0.3 is 25.7 Å². The van der Waals surface area contributed by atoms with Crippen LogP contribution in [0.5, 0.6) is 0 Å². The summed E-state index contributed by atoms with van der Waals surface area (Å²) in [6.45, 7) is 4.02. The van der Waals surface area contributed by atoms with Gasteiger partial charge in [-0.05, 0) is 38.5 Å². The average molecular weight is 668 g/mol. The van der Waals surface area contributed by atoms with Crippen molar-refractivity contribution in [2.24, 2.45) is 0 Å². The van der Waals surface area contributed by atoms with Crippen molar-refractivity contribution >= 4 is 5.91 Å². The third-order valence-corrected chi connectivity index (χ3v) is 9.73. The molecule has 6 nitrogen and oxygen atoms in total. The van der Waals surface area contributed by atoms with E-state index >= 15 is 0 Å². The predicted octanol–water partition coefficient (Wildman–Crippen LogP) is 10.2. The monoisotopic (exact) mass is 668 g/mol. The fraction of sp³-hybridized carbons (Fsp3) is 0.927. The molecule has 0 aromatic rings. The van der Waals surface area contributed by atoms with Crippen molar-refractivity contribution in [3.63, 3.8) is 0 Å². The zero-order valence-corrected chi connectivity index (χ0v) is 31.3. The maximum Gasteiger partial charge on any atom is 0.249 e. The Morgan fingerprint density at radius 3 is 1.28 bits per heavy atom. The molecule has 4 unspecified atom stereocenters. The Balaban J connectivity index is 3.75. The van der Waals surface area contributed by atoms with Crippen molar-refractivity contribution in [2.45, 2.75) is 237 Å². The van der Waals surface area contributed by atoms with Gasteiger partial charge in [-0.1, -0.05) is 187 Å². The summed E-state index contributed by atoms with van der Waals surface area (Å²) in [6, 6.07) is -0.995. The molecule has 0 aromatic heterocycles. The van der Waals surface area contributed by atoms with Gasteiger partial charge in [0.2, 0.25) is 5.91 Å². The third-order valence-electron chi connectivity index (χ3n) is 9.73. The highest BCUT2D eigenvalue weighted by atomic mass is 16.3. The van der Waals surface area contributed by atoms with Crippen LogP contribution in [0.15, 0.2) is 12.2 Å². The van der Waals surface area contributed by atoms with Crippen LogP contribution in [0.2, 0.25) is 0 Å². The van der Waals surface area contributed by atoms with Gasteiger partial charge in [0, 0.05) is 0 Å². The van der Waals surface area contributed by atoms with Gasteiger partial charge >= 0.3 is 0 Å². The summed E-state index contributed by atoms with van der Waals surface area (Å²) < 4.78 is 0. The summed E-state index contributed by atoms with van der Waals surface area (Å²) >= 11 is 0. The molecule has 0 aliphatic rings. The normalized spacial score (nSPS) is 14.4. The van der Waals surface area contributed by atoms with Crippen LogP contribution < -0.4 is 5.32 Å². The summed E-state index contributed by atoms with van der Waals surface area (Å²) in [7, 11) is 0. The van der Waals surface area contributed by atoms with Crippen LogP contribution in [0.3, 0.4) is 0 Å². The minimum Gasteiger partial charge on any atom is -0.394 e. The Morgan fingerprint density at radius 2 is 0.872 bits per heavy atom. The van der Waals surface area contributed by atoms with Crippen LogP contribution in [0.1, 0.15) is 213 Å². The second-order valence-electron chi connectivity index (χ2n) is 14.3. The molecule has 0 aliphatic heterocycles. The van der Waals surface area contributed by atoms with Crippen molar-refractivity contribution in [2.75, 3.05) is 6.61 Å². The summed E-state index contributed by atoms with van der Waals surface area (Å²) in [5.41, 5.74) is 0. The number of carbonyl (C=O) groups excluding carboxylic acids is 1. The van der Waals surface area contributed by atoms with Crippen LogP contribution in [0.25, 0.3) is 0 Å². The maximum atomic E-state index is 12.5. The van der Waals surface area contributed by atoms with Crippen LogP contribution in [-0.2, 0) is 4.79 Å². The predicted molar refractivity (Wildman–Crippen MR) is 201 cm³/mol. The van der Waals surface area contributed by atoms with E-state index in [1.165, 1.54) is 148 Å². The first-order valence-electron chi connectivity index (χ1n) is 20.6. The third kappa shape index (κ3) is 30.8. The zero-order chi connectivity index (χ0) is 34.6. The van der Waals surface area contributed by atoms with E-state index in [2.05, 4.69) is 31.3 Å². The minimum absolute atomic E-state index is 0.368. The number of amides is 1. The van der Waals surface area contributed by atoms with Gasteiger partial charge in [-0.2, -0.15) is 0 Å². The molecule has 0 rings (SSSR count). The summed E-state index contributed by atoms with van der Waals surface area (Å²) in [6.07, 6.45) is 38.1. The van der Waals surface area contributed by atoms with E-state index in [9.17, 15) is 25.2 Å². The van der Waals surface area contributed by atoms with Gasteiger partial charge in [-0.3, -0.25) is 4.79 Å². The molecule has 0 saturated heterocycles. The summed E-state index contributed by atoms with van der Waals surface area (Å²) in [5.74, 6) is -0.592. The molecule has 0 bridgehead atoms. The molecule has 0 heterocycles. The van der Waals surface area contributed by atoms with Gasteiger partial charge in [-0.15, -0.1) is 0 Å². The van der Waals surface area contributed by atoms with Crippen LogP contribution in [-0.4, -0.2) is 57.3 Å². The highest BCUT2D eigenvalue weighted by Crippen LogP contribution is 2.16. The molecule has 0 fully saturated rings. The van der Waals surface area contributed by atoms with E-state index in [1.807, 2.05) is 0 Å². The first kappa shape index (κ1) is 46.0. The number of carbonyl (C=O) groups is 1. The van der Waals surface area contributed by atoms with E-state index < -0.39 is 36.9 Å². The van der Waals surface area contributed by atoms with Gasteiger partial charge in [-0.25, -0.2) is 0 Å². The maximum absolute atomic E-state index is 12.5. The number of nitrogens with one attached hydrogen (secondary N) is 1. The molecule has 0 spiro atoms. The molecule has 0 radical (unpaired) electrons. The molecular formula is C41H81NO5. The van der Waals surface area contributed by atoms with Crippen molar-refractivity contribution in [3.05, 3.63) is 12.2 Å². The highest BCUT2D eigenvalue weighted by molar-refractivity contribution is 5.80. The number of allylic oxidation sites excluding steroid dienone is 2. The Bertz CT molecular complexity index is 672. The molecule has 6 heteroatoms. The second-order valence-corrected chi connectivity index (χ2v) is 14.3. The lowest BCUT2D eigenvalue weighted by molar-refractivity contribution is -0.132. The quantitative estimate of drug-likeness (QED) is 0.0335. The number of hydrogen-bond acceptors (Lipinski definition) is 5. The van der Waals surface area contributed by atoms with E-state index in [0.29, 0.717) is 12.8 Å². The lowest BCUT2D eigenvalue weighted by Gasteiger charge is -2.27. The van der Waals surface area contributed by atoms with Crippen molar-refractivity contribution in [1.29, 1.82) is 0 Å². The lowest BCUT2D eigenvalue weighted by atomic mass is 10.00. The average Bonchev–Trinajstić information content (AvgIpc) is 3.07. The van der Waals surface area contributed by atoms with Crippen molar-refractivity contribution in [1.82, 2.24) is 5.32 Å². The van der Waals surface area contributed by atoms with Crippen LogP contribution in [0, 0.1) is 0 Å². The molecule has 0 aliphatic carbocycles. The first-order valence-corrected chi connectivity index (χ1v) is 20.6. The Hall–Kier alpha value is -0.950. The fourth-order valence-corrected chi connectivity index (χ4v) is 6.40.